The Balaban J connectivity index is 2.22. The summed E-state index contributed by atoms with van der Waals surface area (Å²) in [6.07, 6.45) is 0.981. The van der Waals surface area contributed by atoms with Gasteiger partial charge < -0.3 is 5.32 Å². The van der Waals surface area contributed by atoms with Crippen LogP contribution in [-0.2, 0) is 6.42 Å². The van der Waals surface area contributed by atoms with Crippen LogP contribution in [0.2, 0.25) is 0 Å². The molecule has 0 fully saturated rings. The zero-order valence-electron chi connectivity index (χ0n) is 10.1. The van der Waals surface area contributed by atoms with E-state index in [1.165, 1.54) is 16.7 Å². The molecule has 0 unspecified atom stereocenters. The van der Waals surface area contributed by atoms with Crippen molar-refractivity contribution < 1.29 is 0 Å². The van der Waals surface area contributed by atoms with Gasteiger partial charge in [0.1, 0.15) is 0 Å². The van der Waals surface area contributed by atoms with E-state index in [2.05, 4.69) is 70.6 Å². The molecule has 2 aromatic carbocycles. The Kier molecular flexibility index (Phi) is 3.85. The molecule has 0 aliphatic rings. The van der Waals surface area contributed by atoms with Gasteiger partial charge in [-0.2, -0.15) is 0 Å². The minimum atomic E-state index is 0.981. The first-order valence-corrected chi connectivity index (χ1v) is 6.50. The van der Waals surface area contributed by atoms with Crippen LogP contribution in [-0.4, -0.2) is 7.05 Å². The van der Waals surface area contributed by atoms with Crippen LogP contribution in [0, 0.1) is 6.92 Å². The third kappa shape index (κ3) is 3.10. The van der Waals surface area contributed by atoms with E-state index in [4.69, 9.17) is 0 Å². The van der Waals surface area contributed by atoms with Crippen molar-refractivity contribution in [2.75, 3.05) is 12.4 Å². The van der Waals surface area contributed by atoms with E-state index in [1.54, 1.807) is 0 Å². The molecule has 2 heteroatoms. The van der Waals surface area contributed by atoms with E-state index in [0.29, 0.717) is 0 Å². The molecule has 0 saturated carbocycles. The van der Waals surface area contributed by atoms with Crippen molar-refractivity contribution in [3.63, 3.8) is 0 Å². The lowest BCUT2D eigenvalue weighted by Crippen LogP contribution is -1.93. The summed E-state index contributed by atoms with van der Waals surface area (Å²) in [4.78, 5) is 0. The lowest BCUT2D eigenvalue weighted by molar-refractivity contribution is 1.15. The molecule has 0 radical (unpaired) electrons. The normalized spacial score (nSPS) is 10.3. The van der Waals surface area contributed by atoms with Gasteiger partial charge in [-0.25, -0.2) is 0 Å². The van der Waals surface area contributed by atoms with Gasteiger partial charge in [-0.3, -0.25) is 0 Å². The number of halogens is 1. The van der Waals surface area contributed by atoms with Gasteiger partial charge in [0.05, 0.1) is 0 Å². The number of rotatable bonds is 3. The minimum absolute atomic E-state index is 0.981. The molecular formula is C15H16BrN. The summed E-state index contributed by atoms with van der Waals surface area (Å²) in [6.45, 7) is 2.16. The Morgan fingerprint density at radius 1 is 1.06 bits per heavy atom. The van der Waals surface area contributed by atoms with Gasteiger partial charge >= 0.3 is 0 Å². The zero-order chi connectivity index (χ0) is 12.3. The summed E-state index contributed by atoms with van der Waals surface area (Å²) in [6, 6.07) is 15.0. The van der Waals surface area contributed by atoms with E-state index in [-0.39, 0.29) is 0 Å². The molecular weight excluding hydrogens is 274 g/mol. The largest absolute Gasteiger partial charge is 0.388 e. The molecule has 88 valence electrons. The molecule has 1 nitrogen and oxygen atoms in total. The van der Waals surface area contributed by atoms with E-state index in [0.717, 1.165) is 16.6 Å². The maximum absolute atomic E-state index is 3.52. The monoisotopic (exact) mass is 289 g/mol. The first kappa shape index (κ1) is 12.2. The van der Waals surface area contributed by atoms with Crippen molar-refractivity contribution in [3.8, 4) is 0 Å². The van der Waals surface area contributed by atoms with Crippen LogP contribution in [0.15, 0.2) is 46.9 Å². The summed E-state index contributed by atoms with van der Waals surface area (Å²) in [5, 5.41) is 3.13. The fourth-order valence-electron chi connectivity index (χ4n) is 1.84. The van der Waals surface area contributed by atoms with E-state index in [1.807, 2.05) is 7.05 Å². The molecule has 0 spiro atoms. The van der Waals surface area contributed by atoms with Gasteiger partial charge in [0.2, 0.25) is 0 Å². The molecule has 1 N–H and O–H groups in total. The lowest BCUT2D eigenvalue weighted by Gasteiger charge is -2.07. The molecule has 0 amide bonds. The predicted octanol–water partition coefficient (Wildman–Crippen LogP) is 4.39. The highest BCUT2D eigenvalue weighted by Crippen LogP contribution is 2.20. The third-order valence-corrected chi connectivity index (χ3v) is 3.44. The standard InChI is InChI=1S/C15H16BrN/c1-11-3-6-14(16)10-13(11)9-12-4-7-15(17-2)8-5-12/h3-8,10,17H,9H2,1-2H3. The maximum Gasteiger partial charge on any atom is 0.0337 e. The summed E-state index contributed by atoms with van der Waals surface area (Å²) < 4.78 is 1.14. The molecule has 0 saturated heterocycles. The van der Waals surface area contributed by atoms with Crippen molar-refractivity contribution >= 4 is 21.6 Å². The number of aryl methyl sites for hydroxylation is 1. The SMILES string of the molecule is CNc1ccc(Cc2cc(Br)ccc2C)cc1. The summed E-state index contributed by atoms with van der Waals surface area (Å²) >= 11 is 3.52. The number of hydrogen-bond acceptors (Lipinski definition) is 1. The highest BCUT2D eigenvalue weighted by atomic mass is 79.9. The fraction of sp³-hybridized carbons (Fsp3) is 0.200. The van der Waals surface area contributed by atoms with Gasteiger partial charge in [-0.15, -0.1) is 0 Å². The van der Waals surface area contributed by atoms with Gasteiger partial charge in [0, 0.05) is 17.2 Å². The van der Waals surface area contributed by atoms with Crippen molar-refractivity contribution in [1.82, 2.24) is 0 Å². The maximum atomic E-state index is 3.52. The van der Waals surface area contributed by atoms with Crippen LogP contribution in [0.4, 0.5) is 5.69 Å². The minimum Gasteiger partial charge on any atom is -0.388 e. The first-order chi connectivity index (χ1) is 8.19. The Hall–Kier alpha value is -1.28. The third-order valence-electron chi connectivity index (χ3n) is 2.95. The smallest absolute Gasteiger partial charge is 0.0337 e. The molecule has 0 bridgehead atoms. The van der Waals surface area contributed by atoms with Crippen LogP contribution < -0.4 is 5.32 Å². The van der Waals surface area contributed by atoms with Gasteiger partial charge in [-0.1, -0.05) is 34.1 Å². The number of nitrogens with one attached hydrogen (secondary N) is 1. The second-order valence-corrected chi connectivity index (χ2v) is 5.11. The van der Waals surface area contributed by atoms with Crippen LogP contribution in [0.3, 0.4) is 0 Å². The molecule has 0 atom stereocenters. The Bertz CT molecular complexity index is 503. The van der Waals surface area contributed by atoms with Gasteiger partial charge in [0.15, 0.2) is 0 Å². The molecule has 0 aliphatic carbocycles. The van der Waals surface area contributed by atoms with Crippen molar-refractivity contribution in [2.24, 2.45) is 0 Å². The average Bonchev–Trinajstić information content (AvgIpc) is 2.35. The molecule has 0 heterocycles. The van der Waals surface area contributed by atoms with Crippen molar-refractivity contribution in [3.05, 3.63) is 63.6 Å². The molecule has 0 aliphatic heterocycles. The number of anilines is 1. The Labute approximate surface area is 111 Å². The quantitative estimate of drug-likeness (QED) is 0.884. The lowest BCUT2D eigenvalue weighted by atomic mass is 10.0. The Morgan fingerprint density at radius 3 is 2.41 bits per heavy atom. The highest BCUT2D eigenvalue weighted by Gasteiger charge is 2.01. The molecule has 0 aromatic heterocycles. The number of benzene rings is 2. The zero-order valence-corrected chi connectivity index (χ0v) is 11.7. The summed E-state index contributed by atoms with van der Waals surface area (Å²) in [5.74, 6) is 0. The molecule has 17 heavy (non-hydrogen) atoms. The van der Waals surface area contributed by atoms with Gasteiger partial charge in [-0.05, 0) is 54.3 Å². The van der Waals surface area contributed by atoms with Crippen LogP contribution >= 0.6 is 15.9 Å². The fourth-order valence-corrected chi connectivity index (χ4v) is 2.25. The summed E-state index contributed by atoms with van der Waals surface area (Å²) in [7, 11) is 1.94. The van der Waals surface area contributed by atoms with Crippen molar-refractivity contribution in [2.45, 2.75) is 13.3 Å². The first-order valence-electron chi connectivity index (χ1n) is 5.71. The van der Waals surface area contributed by atoms with Crippen LogP contribution in [0.5, 0.6) is 0 Å². The van der Waals surface area contributed by atoms with Crippen LogP contribution in [0.25, 0.3) is 0 Å². The Morgan fingerprint density at radius 2 is 1.76 bits per heavy atom. The van der Waals surface area contributed by atoms with E-state index >= 15 is 0 Å². The predicted molar refractivity (Wildman–Crippen MR) is 77.7 cm³/mol. The van der Waals surface area contributed by atoms with E-state index < -0.39 is 0 Å². The molecule has 2 aromatic rings. The van der Waals surface area contributed by atoms with Crippen LogP contribution in [0.1, 0.15) is 16.7 Å². The molecule has 2 rings (SSSR count). The average molecular weight is 290 g/mol. The second-order valence-electron chi connectivity index (χ2n) is 4.19. The topological polar surface area (TPSA) is 12.0 Å². The highest BCUT2D eigenvalue weighted by molar-refractivity contribution is 9.10. The second kappa shape index (κ2) is 5.37. The van der Waals surface area contributed by atoms with Gasteiger partial charge in [0.25, 0.3) is 0 Å². The summed E-state index contributed by atoms with van der Waals surface area (Å²) in [5.41, 5.74) is 5.20. The van der Waals surface area contributed by atoms with E-state index in [9.17, 15) is 0 Å². The van der Waals surface area contributed by atoms with Crippen molar-refractivity contribution in [1.29, 1.82) is 0 Å². The number of hydrogen-bond donors (Lipinski definition) is 1.